The fourth-order valence-electron chi connectivity index (χ4n) is 0.543. The van der Waals surface area contributed by atoms with Crippen LogP contribution in [0, 0.1) is 0 Å². The van der Waals surface area contributed by atoms with Crippen molar-refractivity contribution in [3.05, 3.63) is 0 Å². The number of carbonyl (C=O) groups excluding carboxylic acids is 2. The number of rotatable bonds is 4. The summed E-state index contributed by atoms with van der Waals surface area (Å²) in [5, 5.41) is 16.2. The lowest BCUT2D eigenvalue weighted by Gasteiger charge is -1.94. The highest BCUT2D eigenvalue weighted by Crippen LogP contribution is 1.88. The Kier molecular flexibility index (Phi) is 21.5. The molecule has 0 aromatic heterocycles. The molecule has 0 unspecified atom stereocenters. The fourth-order valence-corrected chi connectivity index (χ4v) is 0.543. The van der Waals surface area contributed by atoms with Gasteiger partial charge in [-0.15, -0.1) is 0 Å². The molecule has 0 aromatic rings. The molecular formula is C10H24N2O6. The van der Waals surface area contributed by atoms with Crippen molar-refractivity contribution in [3.8, 4) is 0 Å². The third-order valence-corrected chi connectivity index (χ3v) is 1.12. The number of amides is 2. The molecule has 0 saturated heterocycles. The van der Waals surface area contributed by atoms with Gasteiger partial charge in [0.1, 0.15) is 0 Å². The quantitative estimate of drug-likeness (QED) is 0.539. The van der Waals surface area contributed by atoms with Gasteiger partial charge >= 0.3 is 12.2 Å². The number of aliphatic hydroxyl groups is 2. The van der Waals surface area contributed by atoms with Crippen molar-refractivity contribution in [1.29, 1.82) is 0 Å². The number of primary amides is 2. The zero-order chi connectivity index (χ0) is 15.0. The summed E-state index contributed by atoms with van der Waals surface area (Å²) in [6, 6.07) is 0. The molecule has 0 spiro atoms. The van der Waals surface area contributed by atoms with Crippen LogP contribution in [0.2, 0.25) is 0 Å². The van der Waals surface area contributed by atoms with Gasteiger partial charge in [-0.3, -0.25) is 0 Å². The van der Waals surface area contributed by atoms with E-state index in [0.29, 0.717) is 19.6 Å². The molecule has 0 fully saturated rings. The molecule has 6 N–H and O–H groups in total. The number of ether oxygens (including phenoxy) is 2. The van der Waals surface area contributed by atoms with Crippen molar-refractivity contribution in [2.75, 3.05) is 13.2 Å². The Hall–Kier alpha value is -1.54. The first-order valence-corrected chi connectivity index (χ1v) is 5.52. The second-order valence-corrected chi connectivity index (χ2v) is 2.77. The molecule has 0 saturated carbocycles. The van der Waals surface area contributed by atoms with Gasteiger partial charge in [-0.25, -0.2) is 9.59 Å². The smallest absolute Gasteiger partial charge is 0.404 e. The summed E-state index contributed by atoms with van der Waals surface area (Å²) < 4.78 is 8.36. The van der Waals surface area contributed by atoms with Gasteiger partial charge in [0.05, 0.1) is 13.2 Å². The minimum absolute atomic E-state index is 0.356. The third-order valence-electron chi connectivity index (χ3n) is 1.12. The normalized spacial score (nSPS) is 8.33. The van der Waals surface area contributed by atoms with E-state index in [1.807, 2.05) is 6.92 Å². The number of aliphatic hydroxyl groups excluding tert-OH is 1. The highest BCUT2D eigenvalue weighted by Gasteiger charge is 1.89. The molecule has 0 atom stereocenters. The zero-order valence-electron chi connectivity index (χ0n) is 11.1. The molecule has 0 heterocycles. The second-order valence-electron chi connectivity index (χ2n) is 2.77. The monoisotopic (exact) mass is 268 g/mol. The maximum absolute atomic E-state index is 9.60. The number of carbonyl (C=O) groups is 2. The fraction of sp³-hybridized carbons (Fsp3) is 0.800. The lowest BCUT2D eigenvalue weighted by atomic mass is 10.3. The van der Waals surface area contributed by atoms with Crippen LogP contribution in [-0.4, -0.2) is 41.9 Å². The molecule has 0 aliphatic heterocycles. The van der Waals surface area contributed by atoms with Crippen LogP contribution in [0.1, 0.15) is 33.6 Å². The van der Waals surface area contributed by atoms with E-state index < -0.39 is 18.5 Å². The van der Waals surface area contributed by atoms with Crippen LogP contribution in [0.3, 0.4) is 0 Å². The minimum atomic E-state index is -1.10. The molecule has 8 heteroatoms. The van der Waals surface area contributed by atoms with Gasteiger partial charge < -0.3 is 31.2 Å². The lowest BCUT2D eigenvalue weighted by Crippen LogP contribution is -2.11. The van der Waals surface area contributed by atoms with Crippen molar-refractivity contribution in [2.45, 2.75) is 39.9 Å². The molecule has 110 valence electrons. The molecule has 0 aromatic carbocycles. The van der Waals surface area contributed by atoms with Crippen molar-refractivity contribution < 1.29 is 29.3 Å². The van der Waals surface area contributed by atoms with Crippen LogP contribution in [-0.2, 0) is 9.47 Å². The number of hydrogen-bond acceptors (Lipinski definition) is 6. The summed E-state index contributed by atoms with van der Waals surface area (Å²) in [5.41, 5.74) is 9.08. The summed E-state index contributed by atoms with van der Waals surface area (Å²) >= 11 is 0. The van der Waals surface area contributed by atoms with Crippen molar-refractivity contribution >= 4 is 12.2 Å². The molecule has 0 bridgehead atoms. The molecular weight excluding hydrogens is 244 g/mol. The Morgan fingerprint density at radius 2 is 1.33 bits per heavy atom. The van der Waals surface area contributed by atoms with Gasteiger partial charge in [0.15, 0.2) is 6.29 Å². The number of hydrogen-bond donors (Lipinski definition) is 4. The topological polar surface area (TPSA) is 145 Å². The summed E-state index contributed by atoms with van der Waals surface area (Å²) in [6.45, 7) is 6.01. The maximum atomic E-state index is 9.60. The van der Waals surface area contributed by atoms with E-state index in [4.69, 9.17) is 10.2 Å². The van der Waals surface area contributed by atoms with E-state index in [0.717, 1.165) is 6.42 Å². The molecule has 0 aliphatic rings. The molecule has 8 nitrogen and oxygen atoms in total. The second kappa shape index (κ2) is 17.8. The van der Waals surface area contributed by atoms with Gasteiger partial charge in [0, 0.05) is 0 Å². The first kappa shape index (κ1) is 21.7. The van der Waals surface area contributed by atoms with Crippen LogP contribution in [0.5, 0.6) is 0 Å². The molecule has 18 heavy (non-hydrogen) atoms. The van der Waals surface area contributed by atoms with Gasteiger partial charge in [0.2, 0.25) is 0 Å². The van der Waals surface area contributed by atoms with Gasteiger partial charge in [-0.2, -0.15) is 0 Å². The first-order chi connectivity index (χ1) is 8.31. The van der Waals surface area contributed by atoms with E-state index in [9.17, 15) is 9.59 Å². The molecule has 0 radical (unpaired) electrons. The molecule has 0 aliphatic carbocycles. The zero-order valence-corrected chi connectivity index (χ0v) is 11.1. The van der Waals surface area contributed by atoms with Gasteiger partial charge in [-0.05, 0) is 20.3 Å². The average molecular weight is 268 g/mol. The van der Waals surface area contributed by atoms with Gasteiger partial charge in [-0.1, -0.05) is 13.3 Å². The van der Waals surface area contributed by atoms with E-state index in [-0.39, 0.29) is 0 Å². The maximum Gasteiger partial charge on any atom is 0.404 e. The highest BCUT2D eigenvalue weighted by molar-refractivity contribution is 5.64. The lowest BCUT2D eigenvalue weighted by molar-refractivity contribution is -0.0453. The van der Waals surface area contributed by atoms with E-state index in [1.165, 1.54) is 0 Å². The van der Waals surface area contributed by atoms with Crippen molar-refractivity contribution in [2.24, 2.45) is 11.5 Å². The van der Waals surface area contributed by atoms with E-state index >= 15 is 0 Å². The van der Waals surface area contributed by atoms with Crippen LogP contribution >= 0.6 is 0 Å². The Morgan fingerprint density at radius 1 is 1.00 bits per heavy atom. The summed E-state index contributed by atoms with van der Waals surface area (Å²) in [6.07, 6.45) is -1.21. The number of nitrogens with two attached hydrogens (primary N) is 2. The SMILES string of the molecule is CCCC(O)O.CCOC(N)=O.CCOC(N)=O. The van der Waals surface area contributed by atoms with Crippen molar-refractivity contribution in [3.63, 3.8) is 0 Å². The first-order valence-electron chi connectivity index (χ1n) is 5.52. The summed E-state index contributed by atoms with van der Waals surface area (Å²) in [5.74, 6) is 0. The Bertz CT molecular complexity index is 183. The average Bonchev–Trinajstić information content (AvgIpc) is 2.18. The molecule has 0 rings (SSSR count). The third kappa shape index (κ3) is 47.1. The Labute approximate surface area is 107 Å². The van der Waals surface area contributed by atoms with Crippen LogP contribution in [0.15, 0.2) is 0 Å². The van der Waals surface area contributed by atoms with Crippen LogP contribution in [0.25, 0.3) is 0 Å². The summed E-state index contributed by atoms with van der Waals surface area (Å²) in [7, 11) is 0. The molecule has 2 amide bonds. The summed E-state index contributed by atoms with van der Waals surface area (Å²) in [4.78, 5) is 19.2. The van der Waals surface area contributed by atoms with Crippen LogP contribution < -0.4 is 11.5 Å². The standard InChI is InChI=1S/C4H10O2.2C3H7NO2/c1-2-3-4(5)6;2*1-2-6-3(4)5/h4-6H,2-3H2,1H3;2*2H2,1H3,(H2,4,5). The highest BCUT2D eigenvalue weighted by atomic mass is 16.5. The Morgan fingerprint density at radius 3 is 1.33 bits per heavy atom. The van der Waals surface area contributed by atoms with E-state index in [1.54, 1.807) is 13.8 Å². The predicted molar refractivity (Wildman–Crippen MR) is 65.6 cm³/mol. The minimum Gasteiger partial charge on any atom is -0.450 e. The Balaban J connectivity index is -0.000000187. The van der Waals surface area contributed by atoms with Crippen LogP contribution in [0.4, 0.5) is 9.59 Å². The van der Waals surface area contributed by atoms with Gasteiger partial charge in [0.25, 0.3) is 0 Å². The largest absolute Gasteiger partial charge is 0.450 e. The van der Waals surface area contributed by atoms with E-state index in [2.05, 4.69) is 20.9 Å². The van der Waals surface area contributed by atoms with Crippen molar-refractivity contribution in [1.82, 2.24) is 0 Å². The predicted octanol–water partition coefficient (Wildman–Crippen LogP) is 0.300.